The Morgan fingerprint density at radius 1 is 0.930 bits per heavy atom. The van der Waals surface area contributed by atoms with E-state index in [0.717, 1.165) is 42.4 Å². The number of para-hydroxylation sites is 1. The topological polar surface area (TPSA) is 111 Å². The van der Waals surface area contributed by atoms with Crippen molar-refractivity contribution < 1.29 is 35.3 Å². The van der Waals surface area contributed by atoms with Gasteiger partial charge in [-0.1, -0.05) is 30.3 Å². The molecule has 1 unspecified atom stereocenters. The van der Waals surface area contributed by atoms with Gasteiger partial charge in [-0.3, -0.25) is 19.7 Å². The Morgan fingerprint density at radius 2 is 1.63 bits per heavy atom. The minimum absolute atomic E-state index is 0.00981. The number of carbonyl (C=O) groups excluding carboxylic acids is 1. The summed E-state index contributed by atoms with van der Waals surface area (Å²) in [5, 5.41) is 3.04. The highest BCUT2D eigenvalue weighted by molar-refractivity contribution is 7.87. The van der Waals surface area contributed by atoms with E-state index in [4.69, 9.17) is 8.92 Å². The van der Waals surface area contributed by atoms with Crippen molar-refractivity contribution in [3.05, 3.63) is 114 Å². The maximum atomic E-state index is 14.0. The Kier molecular flexibility index (Phi) is 10.5. The number of pyridine rings is 2. The number of halogens is 3. The number of esters is 1. The molecule has 0 aliphatic rings. The molecule has 1 atom stereocenters. The van der Waals surface area contributed by atoms with Crippen molar-refractivity contribution in [1.82, 2.24) is 14.9 Å². The van der Waals surface area contributed by atoms with Crippen molar-refractivity contribution in [2.24, 2.45) is 0 Å². The molecule has 4 aromatic rings. The molecule has 0 spiro atoms. The number of ether oxygens (including phenoxy) is 1. The number of hydrogen-bond donors (Lipinski definition) is 1. The van der Waals surface area contributed by atoms with Gasteiger partial charge in [0.25, 0.3) is 10.1 Å². The molecule has 0 amide bonds. The first-order chi connectivity index (χ1) is 20.5. The fraction of sp³-hybridized carbons (Fsp3) is 0.233. The zero-order valence-electron chi connectivity index (χ0n) is 23.1. The van der Waals surface area contributed by atoms with E-state index in [2.05, 4.69) is 20.2 Å². The summed E-state index contributed by atoms with van der Waals surface area (Å²) >= 11 is 0. The van der Waals surface area contributed by atoms with Gasteiger partial charge in [0.05, 0.1) is 11.4 Å². The van der Waals surface area contributed by atoms with Gasteiger partial charge < -0.3 is 10.1 Å². The van der Waals surface area contributed by atoms with Crippen molar-refractivity contribution in [3.63, 3.8) is 0 Å². The first-order valence-electron chi connectivity index (χ1n) is 13.1. The number of carbonyl (C=O) groups is 1. The summed E-state index contributed by atoms with van der Waals surface area (Å²) in [5.74, 6) is -0.643. The summed E-state index contributed by atoms with van der Waals surface area (Å²) in [6, 6.07) is 19.2. The molecule has 4 rings (SSSR count). The highest BCUT2D eigenvalue weighted by atomic mass is 32.2. The number of rotatable bonds is 13. The van der Waals surface area contributed by atoms with E-state index in [0.29, 0.717) is 19.6 Å². The van der Waals surface area contributed by atoms with Gasteiger partial charge in [0.15, 0.2) is 6.10 Å². The van der Waals surface area contributed by atoms with E-state index in [1.54, 1.807) is 24.7 Å². The second-order valence-electron chi connectivity index (χ2n) is 9.44. The summed E-state index contributed by atoms with van der Waals surface area (Å²) in [4.78, 5) is 21.2. The molecule has 2 aromatic heterocycles. The third-order valence-electron chi connectivity index (χ3n) is 6.13. The van der Waals surface area contributed by atoms with Crippen LogP contribution in [0.4, 0.5) is 18.9 Å². The average Bonchev–Trinajstić information content (AvgIpc) is 2.97. The van der Waals surface area contributed by atoms with Gasteiger partial charge >= 0.3 is 12.1 Å². The Balaban J connectivity index is 1.50. The van der Waals surface area contributed by atoms with Crippen LogP contribution in [-0.2, 0) is 32.2 Å². The first kappa shape index (κ1) is 31.6. The van der Waals surface area contributed by atoms with Crippen molar-refractivity contribution >= 4 is 21.8 Å². The molecular formula is C30H29F3N4O5S. The smallest absolute Gasteiger partial charge is 0.420 e. The summed E-state index contributed by atoms with van der Waals surface area (Å²) in [6.07, 6.45) is -2.77. The van der Waals surface area contributed by atoms with Gasteiger partial charge in [-0.15, -0.1) is 0 Å². The maximum absolute atomic E-state index is 14.0. The molecule has 0 saturated heterocycles. The minimum atomic E-state index is -5.06. The zero-order chi connectivity index (χ0) is 30.9. The molecule has 0 aliphatic heterocycles. The monoisotopic (exact) mass is 614 g/mol. The van der Waals surface area contributed by atoms with Gasteiger partial charge in [-0.05, 0) is 59.7 Å². The SMILES string of the molecule is CC(=O)Oc1ccc(C(OS(=O)(=O)c2ccccc2NCCN(Cc2ccncc2)Cc2ccccn2)C(F)(F)F)cc1. The predicted molar refractivity (Wildman–Crippen MR) is 152 cm³/mol. The molecule has 2 aromatic carbocycles. The van der Waals surface area contributed by atoms with Crippen LogP contribution in [0.15, 0.2) is 102 Å². The lowest BCUT2D eigenvalue weighted by atomic mass is 10.1. The third-order valence-corrected chi connectivity index (χ3v) is 7.47. The van der Waals surface area contributed by atoms with Gasteiger partial charge in [-0.25, -0.2) is 4.18 Å². The molecule has 13 heteroatoms. The Labute approximate surface area is 247 Å². The molecule has 0 radical (unpaired) electrons. The Hall–Kier alpha value is -4.33. The van der Waals surface area contributed by atoms with E-state index in [-0.39, 0.29) is 18.0 Å². The average molecular weight is 615 g/mol. The minimum Gasteiger partial charge on any atom is -0.427 e. The normalized spacial score (nSPS) is 12.6. The molecule has 9 nitrogen and oxygen atoms in total. The second-order valence-corrected chi connectivity index (χ2v) is 11.0. The zero-order valence-corrected chi connectivity index (χ0v) is 23.9. The number of aromatic nitrogens is 2. The molecule has 1 N–H and O–H groups in total. The molecule has 0 bridgehead atoms. The van der Waals surface area contributed by atoms with E-state index in [1.165, 1.54) is 18.2 Å². The number of nitrogens with one attached hydrogen (secondary N) is 1. The summed E-state index contributed by atoms with van der Waals surface area (Å²) < 4.78 is 78.1. The lowest BCUT2D eigenvalue weighted by Gasteiger charge is -2.24. The van der Waals surface area contributed by atoms with Crippen LogP contribution >= 0.6 is 0 Å². The molecule has 0 saturated carbocycles. The fourth-order valence-electron chi connectivity index (χ4n) is 4.21. The molecule has 0 aliphatic carbocycles. The number of nitrogens with zero attached hydrogens (tertiary/aromatic N) is 3. The molecular weight excluding hydrogens is 585 g/mol. The van der Waals surface area contributed by atoms with Crippen molar-refractivity contribution in [3.8, 4) is 5.75 Å². The molecule has 226 valence electrons. The van der Waals surface area contributed by atoms with Gasteiger partial charge in [0.2, 0.25) is 0 Å². The third kappa shape index (κ3) is 9.33. The van der Waals surface area contributed by atoms with Crippen LogP contribution in [0.2, 0.25) is 0 Å². The van der Waals surface area contributed by atoms with Gasteiger partial charge in [0, 0.05) is 51.7 Å². The second kappa shape index (κ2) is 14.2. The standard InChI is InChI=1S/C30H29F3N4O5S/c1-22(38)41-26-11-9-24(10-12-26)29(30(31,32)33)42-43(39,40)28-8-3-2-7-27(28)36-18-19-37(20-23-13-16-34-17-14-23)21-25-6-4-5-15-35-25/h2-17,29,36H,18-21H2,1H3. The van der Waals surface area contributed by atoms with E-state index >= 15 is 0 Å². The predicted octanol–water partition coefficient (Wildman–Crippen LogP) is 5.53. The van der Waals surface area contributed by atoms with E-state index < -0.39 is 38.8 Å². The lowest BCUT2D eigenvalue weighted by molar-refractivity contribution is -0.196. The van der Waals surface area contributed by atoms with Crippen molar-refractivity contribution in [2.45, 2.75) is 37.2 Å². The number of anilines is 1. The van der Waals surface area contributed by atoms with E-state index in [9.17, 15) is 26.4 Å². The lowest BCUT2D eigenvalue weighted by Crippen LogP contribution is -2.29. The summed E-state index contributed by atoms with van der Waals surface area (Å²) in [5.41, 5.74) is 1.47. The van der Waals surface area contributed by atoms with Crippen LogP contribution in [0.3, 0.4) is 0 Å². The number of hydrogen-bond acceptors (Lipinski definition) is 9. The Bertz CT molecular complexity index is 1550. The fourth-order valence-corrected chi connectivity index (χ4v) is 5.45. The van der Waals surface area contributed by atoms with Crippen molar-refractivity contribution in [1.29, 1.82) is 0 Å². The Morgan fingerprint density at radius 3 is 2.28 bits per heavy atom. The first-order valence-corrected chi connectivity index (χ1v) is 14.5. The van der Waals surface area contributed by atoms with Crippen LogP contribution in [0.1, 0.15) is 29.8 Å². The highest BCUT2D eigenvalue weighted by Crippen LogP contribution is 2.39. The van der Waals surface area contributed by atoms with Gasteiger partial charge in [-0.2, -0.15) is 21.6 Å². The van der Waals surface area contributed by atoms with Gasteiger partial charge in [0.1, 0.15) is 10.6 Å². The summed E-state index contributed by atoms with van der Waals surface area (Å²) in [6.45, 7) is 2.94. The maximum Gasteiger partial charge on any atom is 0.420 e. The van der Waals surface area contributed by atoms with Crippen LogP contribution in [0, 0.1) is 0 Å². The van der Waals surface area contributed by atoms with Crippen LogP contribution in [0.25, 0.3) is 0 Å². The number of alkyl halides is 3. The highest BCUT2D eigenvalue weighted by Gasteiger charge is 2.45. The molecule has 2 heterocycles. The van der Waals surface area contributed by atoms with Crippen LogP contribution in [0.5, 0.6) is 5.75 Å². The largest absolute Gasteiger partial charge is 0.427 e. The molecule has 43 heavy (non-hydrogen) atoms. The molecule has 0 fully saturated rings. The van der Waals surface area contributed by atoms with E-state index in [1.807, 2.05) is 30.3 Å². The van der Waals surface area contributed by atoms with Crippen LogP contribution in [-0.4, -0.2) is 48.5 Å². The summed E-state index contributed by atoms with van der Waals surface area (Å²) in [7, 11) is -4.90. The number of benzene rings is 2. The van der Waals surface area contributed by atoms with Crippen molar-refractivity contribution in [2.75, 3.05) is 18.4 Å². The quantitative estimate of drug-likeness (QED) is 0.118. The van der Waals surface area contributed by atoms with Crippen LogP contribution < -0.4 is 10.1 Å².